The van der Waals surface area contributed by atoms with Gasteiger partial charge in [0.15, 0.2) is 5.96 Å². The van der Waals surface area contributed by atoms with Crippen LogP contribution in [0.25, 0.3) is 0 Å². The van der Waals surface area contributed by atoms with Gasteiger partial charge in [0.1, 0.15) is 11.4 Å². The number of aliphatic hydroxyl groups is 1. The third-order valence-corrected chi connectivity index (χ3v) is 5.16. The summed E-state index contributed by atoms with van der Waals surface area (Å²) in [6, 6.07) is 3.58. The highest BCUT2D eigenvalue weighted by atomic mass is 16.4. The summed E-state index contributed by atoms with van der Waals surface area (Å²) in [6.07, 6.45) is 5.30. The zero-order valence-electron chi connectivity index (χ0n) is 15.6. The number of nitrogens with one attached hydrogen (secondary N) is 1. The Morgan fingerprint density at radius 1 is 1.46 bits per heavy atom. The average Bonchev–Trinajstić information content (AvgIpc) is 3.24. The normalized spacial score (nSPS) is 21.3. The van der Waals surface area contributed by atoms with Gasteiger partial charge < -0.3 is 19.7 Å². The van der Waals surface area contributed by atoms with Gasteiger partial charge in [-0.3, -0.25) is 0 Å². The fourth-order valence-electron chi connectivity index (χ4n) is 3.64. The van der Waals surface area contributed by atoms with Crippen LogP contribution in [0.3, 0.4) is 0 Å². The molecule has 2 N–H and O–H groups in total. The van der Waals surface area contributed by atoms with Crippen molar-refractivity contribution >= 4 is 5.96 Å². The van der Waals surface area contributed by atoms with Gasteiger partial charge >= 0.3 is 0 Å². The summed E-state index contributed by atoms with van der Waals surface area (Å²) in [4.78, 5) is 7.03. The van der Waals surface area contributed by atoms with Gasteiger partial charge in [0.2, 0.25) is 0 Å². The molecule has 2 rings (SSSR count). The average molecular weight is 335 g/mol. The van der Waals surface area contributed by atoms with Crippen molar-refractivity contribution in [2.24, 2.45) is 16.8 Å². The fourth-order valence-corrected chi connectivity index (χ4v) is 3.64. The molecule has 0 radical (unpaired) electrons. The first-order chi connectivity index (χ1) is 11.5. The second-order valence-electron chi connectivity index (χ2n) is 6.99. The maximum Gasteiger partial charge on any atom is 0.194 e. The van der Waals surface area contributed by atoms with Crippen molar-refractivity contribution in [3.05, 3.63) is 24.2 Å². The number of hydrogen-bond donors (Lipinski definition) is 2. The maximum absolute atomic E-state index is 10.6. The quantitative estimate of drug-likeness (QED) is 0.593. The van der Waals surface area contributed by atoms with E-state index in [1.54, 1.807) is 25.3 Å². The number of hydrogen-bond acceptors (Lipinski definition) is 3. The third-order valence-electron chi connectivity index (χ3n) is 5.16. The standard InChI is InChI=1S/C19H33N3O2/c1-5-15(6-2)16-10-11-22(13-16)18(20-7-3)21-14-19(4,23)17-9-8-12-24-17/h8-9,12,15-16,23H,5-7,10-11,13-14H2,1-4H3,(H,20,21). The van der Waals surface area contributed by atoms with Crippen LogP contribution in [-0.4, -0.2) is 42.1 Å². The Hall–Kier alpha value is -1.49. The number of guanidine groups is 1. The largest absolute Gasteiger partial charge is 0.466 e. The molecule has 1 aromatic heterocycles. The Bertz CT molecular complexity index is 507. The van der Waals surface area contributed by atoms with E-state index in [0.717, 1.165) is 37.4 Å². The Labute approximate surface area is 146 Å². The van der Waals surface area contributed by atoms with Crippen molar-refractivity contribution in [1.82, 2.24) is 10.2 Å². The first kappa shape index (κ1) is 18.8. The lowest BCUT2D eigenvalue weighted by Gasteiger charge is -2.25. The van der Waals surface area contributed by atoms with Gasteiger partial charge in [-0.15, -0.1) is 0 Å². The summed E-state index contributed by atoms with van der Waals surface area (Å²) >= 11 is 0. The van der Waals surface area contributed by atoms with Gasteiger partial charge in [-0.05, 0) is 44.2 Å². The van der Waals surface area contributed by atoms with Gasteiger partial charge in [-0.2, -0.15) is 0 Å². The van der Waals surface area contributed by atoms with Crippen molar-refractivity contribution < 1.29 is 9.52 Å². The molecule has 136 valence electrons. The van der Waals surface area contributed by atoms with E-state index in [-0.39, 0.29) is 6.54 Å². The molecule has 1 aliphatic rings. The van der Waals surface area contributed by atoms with E-state index >= 15 is 0 Å². The van der Waals surface area contributed by atoms with E-state index in [2.05, 4.69) is 31.0 Å². The number of nitrogens with zero attached hydrogens (tertiary/aromatic N) is 2. The van der Waals surface area contributed by atoms with Crippen LogP contribution in [0, 0.1) is 11.8 Å². The number of furan rings is 1. The molecule has 0 aromatic carbocycles. The van der Waals surface area contributed by atoms with Gasteiger partial charge in [-0.25, -0.2) is 4.99 Å². The molecule has 0 aliphatic carbocycles. The van der Waals surface area contributed by atoms with Crippen LogP contribution in [0.2, 0.25) is 0 Å². The molecule has 1 saturated heterocycles. The van der Waals surface area contributed by atoms with E-state index < -0.39 is 5.60 Å². The van der Waals surface area contributed by atoms with Gasteiger partial charge in [0, 0.05) is 19.6 Å². The monoisotopic (exact) mass is 335 g/mol. The van der Waals surface area contributed by atoms with Crippen LogP contribution in [0.15, 0.2) is 27.8 Å². The van der Waals surface area contributed by atoms with E-state index in [4.69, 9.17) is 9.41 Å². The highest BCUT2D eigenvalue weighted by Gasteiger charge is 2.30. The SMILES string of the molecule is CCNC(=NCC(C)(O)c1ccco1)N1CCC(C(CC)CC)C1. The minimum atomic E-state index is -1.08. The van der Waals surface area contributed by atoms with Crippen molar-refractivity contribution in [3.63, 3.8) is 0 Å². The number of aliphatic imine (C=N–C) groups is 1. The van der Waals surface area contributed by atoms with Crippen LogP contribution in [0.5, 0.6) is 0 Å². The third kappa shape index (κ3) is 4.53. The topological polar surface area (TPSA) is 61.0 Å². The van der Waals surface area contributed by atoms with Crippen molar-refractivity contribution in [1.29, 1.82) is 0 Å². The van der Waals surface area contributed by atoms with Crippen LogP contribution in [-0.2, 0) is 5.60 Å². The van der Waals surface area contributed by atoms with Crippen LogP contribution < -0.4 is 5.32 Å². The maximum atomic E-state index is 10.6. The smallest absolute Gasteiger partial charge is 0.194 e. The lowest BCUT2D eigenvalue weighted by Crippen LogP contribution is -2.41. The van der Waals surface area contributed by atoms with Crippen molar-refractivity contribution in [3.8, 4) is 0 Å². The molecule has 1 aliphatic heterocycles. The molecular weight excluding hydrogens is 302 g/mol. The summed E-state index contributed by atoms with van der Waals surface area (Å²) in [5.74, 6) is 3.00. The van der Waals surface area contributed by atoms with E-state index in [1.165, 1.54) is 19.3 Å². The molecular formula is C19H33N3O2. The van der Waals surface area contributed by atoms with Crippen LogP contribution in [0.1, 0.15) is 52.7 Å². The van der Waals surface area contributed by atoms with Crippen LogP contribution >= 0.6 is 0 Å². The summed E-state index contributed by atoms with van der Waals surface area (Å²) in [7, 11) is 0. The summed E-state index contributed by atoms with van der Waals surface area (Å²) in [6.45, 7) is 11.6. The fraction of sp³-hybridized carbons (Fsp3) is 0.737. The molecule has 5 heteroatoms. The molecule has 1 aromatic rings. The van der Waals surface area contributed by atoms with E-state index in [9.17, 15) is 5.11 Å². The van der Waals surface area contributed by atoms with Crippen molar-refractivity contribution in [2.75, 3.05) is 26.2 Å². The molecule has 24 heavy (non-hydrogen) atoms. The molecule has 2 heterocycles. The molecule has 0 amide bonds. The number of likely N-dealkylation sites (tertiary alicyclic amines) is 1. The Kier molecular flexibility index (Phi) is 6.72. The lowest BCUT2D eigenvalue weighted by molar-refractivity contribution is 0.0435. The van der Waals surface area contributed by atoms with Crippen molar-refractivity contribution in [2.45, 2.75) is 52.6 Å². The van der Waals surface area contributed by atoms with E-state index in [0.29, 0.717) is 5.76 Å². The van der Waals surface area contributed by atoms with Crippen LogP contribution in [0.4, 0.5) is 0 Å². The van der Waals surface area contributed by atoms with Gasteiger partial charge in [-0.1, -0.05) is 26.7 Å². The second-order valence-corrected chi connectivity index (χ2v) is 6.99. The summed E-state index contributed by atoms with van der Waals surface area (Å²) < 4.78 is 5.34. The molecule has 0 spiro atoms. The first-order valence-corrected chi connectivity index (χ1v) is 9.31. The van der Waals surface area contributed by atoms with Gasteiger partial charge in [0.05, 0.1) is 12.8 Å². The predicted octanol–water partition coefficient (Wildman–Crippen LogP) is 3.21. The molecule has 1 fully saturated rings. The predicted molar refractivity (Wildman–Crippen MR) is 98.0 cm³/mol. The Morgan fingerprint density at radius 2 is 2.21 bits per heavy atom. The van der Waals surface area contributed by atoms with Gasteiger partial charge in [0.25, 0.3) is 0 Å². The zero-order chi connectivity index (χ0) is 17.6. The minimum absolute atomic E-state index is 0.287. The highest BCUT2D eigenvalue weighted by Crippen LogP contribution is 2.29. The molecule has 0 saturated carbocycles. The Morgan fingerprint density at radius 3 is 2.79 bits per heavy atom. The molecule has 0 bridgehead atoms. The zero-order valence-corrected chi connectivity index (χ0v) is 15.6. The minimum Gasteiger partial charge on any atom is -0.466 e. The highest BCUT2D eigenvalue weighted by molar-refractivity contribution is 5.80. The first-order valence-electron chi connectivity index (χ1n) is 9.31. The molecule has 2 unspecified atom stereocenters. The Balaban J connectivity index is 2.04. The second kappa shape index (κ2) is 8.56. The summed E-state index contributed by atoms with van der Waals surface area (Å²) in [5, 5.41) is 14.0. The lowest BCUT2D eigenvalue weighted by atomic mass is 9.87. The van der Waals surface area contributed by atoms with E-state index in [1.807, 2.05) is 0 Å². The molecule has 2 atom stereocenters. The summed E-state index contributed by atoms with van der Waals surface area (Å²) in [5.41, 5.74) is -1.08. The molecule has 5 nitrogen and oxygen atoms in total. The number of rotatable bonds is 7.